The Hall–Kier alpha value is -1.42. The Morgan fingerprint density at radius 3 is 2.40 bits per heavy atom. The van der Waals surface area contributed by atoms with Gasteiger partial charge < -0.3 is 10.5 Å². The van der Waals surface area contributed by atoms with Crippen molar-refractivity contribution < 1.29 is 13.5 Å². The van der Waals surface area contributed by atoms with E-state index in [1.54, 1.807) is 0 Å². The summed E-state index contributed by atoms with van der Waals surface area (Å²) in [5.74, 6) is -1.25. The van der Waals surface area contributed by atoms with Gasteiger partial charge in [-0.15, -0.1) is 6.58 Å². The van der Waals surface area contributed by atoms with Gasteiger partial charge in [0, 0.05) is 23.7 Å². The molecule has 1 atom stereocenters. The van der Waals surface area contributed by atoms with Crippen LogP contribution in [0.15, 0.2) is 24.8 Å². The van der Waals surface area contributed by atoms with Gasteiger partial charge in [0.25, 0.3) is 0 Å². The van der Waals surface area contributed by atoms with E-state index >= 15 is 0 Å². The van der Waals surface area contributed by atoms with E-state index in [1.165, 1.54) is 13.2 Å². The van der Waals surface area contributed by atoms with Crippen LogP contribution in [0.4, 0.5) is 8.78 Å². The first-order valence-electron chi connectivity index (χ1n) is 4.49. The van der Waals surface area contributed by atoms with E-state index < -0.39 is 17.7 Å². The Kier molecular flexibility index (Phi) is 3.80. The molecule has 0 aliphatic heterocycles. The van der Waals surface area contributed by atoms with Crippen molar-refractivity contribution >= 4 is 0 Å². The van der Waals surface area contributed by atoms with E-state index in [4.69, 9.17) is 10.5 Å². The molecule has 0 unspecified atom stereocenters. The molecule has 0 bridgehead atoms. The fraction of sp³-hybridized carbons (Fsp3) is 0.273. The predicted octanol–water partition coefficient (Wildman–Crippen LogP) is 2.55. The molecule has 0 aliphatic carbocycles. The second-order valence-corrected chi connectivity index (χ2v) is 3.14. The molecule has 4 heteroatoms. The number of hydrogen-bond acceptors (Lipinski definition) is 2. The molecule has 0 saturated heterocycles. The van der Waals surface area contributed by atoms with Crippen molar-refractivity contribution in [2.45, 2.75) is 12.5 Å². The van der Waals surface area contributed by atoms with Gasteiger partial charge in [-0.05, 0) is 6.42 Å². The zero-order valence-corrected chi connectivity index (χ0v) is 8.47. The Morgan fingerprint density at radius 2 is 2.00 bits per heavy atom. The molecule has 1 aromatic carbocycles. The largest absolute Gasteiger partial charge is 0.497 e. The highest BCUT2D eigenvalue weighted by Gasteiger charge is 2.17. The van der Waals surface area contributed by atoms with Crippen LogP contribution in [0.3, 0.4) is 0 Å². The molecule has 0 saturated carbocycles. The number of halogens is 2. The number of benzene rings is 1. The van der Waals surface area contributed by atoms with Gasteiger partial charge in [0.2, 0.25) is 0 Å². The standard InChI is InChI=1S/C11H13F2NO/c1-3-4-10(14)11-8(12)5-7(15-2)6-9(11)13/h3,5-6,10H,1,4,14H2,2H3/t10-/m1/s1. The van der Waals surface area contributed by atoms with Crippen LogP contribution >= 0.6 is 0 Å². The van der Waals surface area contributed by atoms with Gasteiger partial charge in [0.1, 0.15) is 17.4 Å². The van der Waals surface area contributed by atoms with E-state index in [2.05, 4.69) is 6.58 Å². The fourth-order valence-corrected chi connectivity index (χ4v) is 1.33. The van der Waals surface area contributed by atoms with Crippen LogP contribution in [0, 0.1) is 11.6 Å². The summed E-state index contributed by atoms with van der Waals surface area (Å²) in [4.78, 5) is 0. The predicted molar refractivity (Wildman–Crippen MR) is 54.7 cm³/mol. The lowest BCUT2D eigenvalue weighted by Gasteiger charge is -2.12. The SMILES string of the molecule is C=CC[C@@H](N)c1c(F)cc(OC)cc1F. The van der Waals surface area contributed by atoms with Gasteiger partial charge >= 0.3 is 0 Å². The van der Waals surface area contributed by atoms with E-state index in [0.717, 1.165) is 12.1 Å². The number of ether oxygens (including phenoxy) is 1. The summed E-state index contributed by atoms with van der Waals surface area (Å²) in [6, 6.07) is 1.51. The normalized spacial score (nSPS) is 12.3. The summed E-state index contributed by atoms with van der Waals surface area (Å²) in [7, 11) is 1.34. The number of rotatable bonds is 4. The monoisotopic (exact) mass is 213 g/mol. The molecular weight excluding hydrogens is 200 g/mol. The van der Waals surface area contributed by atoms with Crippen molar-refractivity contribution in [3.8, 4) is 5.75 Å². The minimum atomic E-state index is -0.714. The zero-order valence-electron chi connectivity index (χ0n) is 8.47. The Labute approximate surface area is 87.4 Å². The Bertz CT molecular complexity index is 343. The first-order chi connectivity index (χ1) is 7.10. The average Bonchev–Trinajstić information content (AvgIpc) is 2.16. The highest BCUT2D eigenvalue weighted by Crippen LogP contribution is 2.26. The van der Waals surface area contributed by atoms with Gasteiger partial charge in [0.15, 0.2) is 0 Å². The first kappa shape index (κ1) is 11.7. The Morgan fingerprint density at radius 1 is 1.47 bits per heavy atom. The highest BCUT2D eigenvalue weighted by atomic mass is 19.1. The van der Waals surface area contributed by atoms with Crippen LogP contribution < -0.4 is 10.5 Å². The molecule has 0 aromatic heterocycles. The lowest BCUT2D eigenvalue weighted by atomic mass is 10.0. The summed E-state index contributed by atoms with van der Waals surface area (Å²) in [6.45, 7) is 3.47. The van der Waals surface area contributed by atoms with Crippen molar-refractivity contribution in [2.75, 3.05) is 7.11 Å². The molecule has 0 heterocycles. The topological polar surface area (TPSA) is 35.2 Å². The van der Waals surface area contributed by atoms with E-state index in [-0.39, 0.29) is 11.3 Å². The summed E-state index contributed by atoms with van der Waals surface area (Å²) in [5.41, 5.74) is 5.48. The minimum absolute atomic E-state index is 0.129. The van der Waals surface area contributed by atoms with Gasteiger partial charge in [0.05, 0.1) is 7.11 Å². The van der Waals surface area contributed by atoms with E-state index in [0.29, 0.717) is 6.42 Å². The third kappa shape index (κ3) is 2.53. The van der Waals surface area contributed by atoms with E-state index in [9.17, 15) is 8.78 Å². The molecule has 15 heavy (non-hydrogen) atoms. The van der Waals surface area contributed by atoms with Crippen molar-refractivity contribution in [2.24, 2.45) is 5.73 Å². The van der Waals surface area contributed by atoms with Crippen molar-refractivity contribution in [1.29, 1.82) is 0 Å². The lowest BCUT2D eigenvalue weighted by molar-refractivity contribution is 0.403. The van der Waals surface area contributed by atoms with Crippen LogP contribution in [0.5, 0.6) is 5.75 Å². The summed E-state index contributed by atoms with van der Waals surface area (Å²) < 4.78 is 31.6. The summed E-state index contributed by atoms with van der Waals surface area (Å²) in [5, 5.41) is 0. The van der Waals surface area contributed by atoms with Gasteiger partial charge in [-0.2, -0.15) is 0 Å². The van der Waals surface area contributed by atoms with Crippen molar-refractivity contribution in [3.05, 3.63) is 42.0 Å². The Balaban J connectivity index is 3.12. The maximum atomic E-state index is 13.4. The minimum Gasteiger partial charge on any atom is -0.497 e. The van der Waals surface area contributed by atoms with Gasteiger partial charge in [-0.1, -0.05) is 6.08 Å². The maximum absolute atomic E-state index is 13.4. The summed E-state index contributed by atoms with van der Waals surface area (Å²) in [6.07, 6.45) is 1.84. The third-order valence-electron chi connectivity index (χ3n) is 2.08. The van der Waals surface area contributed by atoms with Gasteiger partial charge in [-0.3, -0.25) is 0 Å². The first-order valence-corrected chi connectivity index (χ1v) is 4.49. The molecule has 0 radical (unpaired) electrons. The third-order valence-corrected chi connectivity index (χ3v) is 2.08. The molecule has 0 amide bonds. The zero-order chi connectivity index (χ0) is 11.4. The molecule has 2 N–H and O–H groups in total. The quantitative estimate of drug-likeness (QED) is 0.780. The number of hydrogen-bond donors (Lipinski definition) is 1. The van der Waals surface area contributed by atoms with Crippen LogP contribution in [0.2, 0.25) is 0 Å². The summed E-state index contributed by atoms with van der Waals surface area (Å²) >= 11 is 0. The molecule has 1 aromatic rings. The number of nitrogens with two attached hydrogens (primary N) is 1. The average molecular weight is 213 g/mol. The molecule has 0 spiro atoms. The molecule has 82 valence electrons. The van der Waals surface area contributed by atoms with Crippen molar-refractivity contribution in [1.82, 2.24) is 0 Å². The molecule has 1 rings (SSSR count). The fourth-order valence-electron chi connectivity index (χ4n) is 1.33. The lowest BCUT2D eigenvalue weighted by Crippen LogP contribution is -2.13. The maximum Gasteiger partial charge on any atom is 0.134 e. The second-order valence-electron chi connectivity index (χ2n) is 3.14. The van der Waals surface area contributed by atoms with Crippen LogP contribution in [-0.4, -0.2) is 7.11 Å². The molecule has 0 aliphatic rings. The van der Waals surface area contributed by atoms with Crippen LogP contribution in [-0.2, 0) is 0 Å². The van der Waals surface area contributed by atoms with Gasteiger partial charge in [-0.25, -0.2) is 8.78 Å². The van der Waals surface area contributed by atoms with Crippen LogP contribution in [0.1, 0.15) is 18.0 Å². The van der Waals surface area contributed by atoms with E-state index in [1.807, 2.05) is 0 Å². The molecule has 2 nitrogen and oxygen atoms in total. The van der Waals surface area contributed by atoms with Crippen molar-refractivity contribution in [3.63, 3.8) is 0 Å². The van der Waals surface area contributed by atoms with Crippen LogP contribution in [0.25, 0.3) is 0 Å². The number of methoxy groups -OCH3 is 1. The smallest absolute Gasteiger partial charge is 0.134 e. The second kappa shape index (κ2) is 4.89. The molecule has 0 fully saturated rings. The highest BCUT2D eigenvalue weighted by molar-refractivity contribution is 5.32. The molecular formula is C11H13F2NO.